The number of carbonyl (C=O) groups excluding carboxylic acids is 1. The molecular formula is C11H18F3N3O. The summed E-state index contributed by atoms with van der Waals surface area (Å²) in [6.07, 6.45) is -2.45. The first kappa shape index (κ1) is 13.6. The van der Waals surface area contributed by atoms with Crippen molar-refractivity contribution in [2.75, 3.05) is 39.3 Å². The zero-order chi connectivity index (χ0) is 13.2. The van der Waals surface area contributed by atoms with Gasteiger partial charge in [-0.2, -0.15) is 13.2 Å². The molecule has 2 saturated heterocycles. The molecule has 2 aliphatic rings. The number of amides is 1. The van der Waals surface area contributed by atoms with E-state index >= 15 is 0 Å². The van der Waals surface area contributed by atoms with Gasteiger partial charge in [0, 0.05) is 32.2 Å². The number of likely N-dealkylation sites (tertiary alicyclic amines) is 1. The molecule has 0 aromatic heterocycles. The Bertz CT molecular complexity index is 302. The highest BCUT2D eigenvalue weighted by Crippen LogP contribution is 2.19. The summed E-state index contributed by atoms with van der Waals surface area (Å²) in [5.74, 6) is -1.71. The predicted molar refractivity (Wildman–Crippen MR) is 60.1 cm³/mol. The van der Waals surface area contributed by atoms with Gasteiger partial charge in [0.25, 0.3) is 0 Å². The van der Waals surface area contributed by atoms with Crippen LogP contribution in [0.25, 0.3) is 0 Å². The van der Waals surface area contributed by atoms with Gasteiger partial charge in [-0.15, -0.1) is 0 Å². The molecule has 0 unspecified atom stereocenters. The molecule has 2 aliphatic heterocycles. The minimum atomic E-state index is -4.75. The second kappa shape index (κ2) is 5.44. The Hall–Kier alpha value is -0.820. The second-order valence-corrected chi connectivity index (χ2v) is 4.91. The third-order valence-corrected chi connectivity index (χ3v) is 3.46. The summed E-state index contributed by atoms with van der Waals surface area (Å²) in [5.41, 5.74) is 0. The van der Waals surface area contributed by atoms with E-state index in [0.29, 0.717) is 6.54 Å². The monoisotopic (exact) mass is 265 g/mol. The summed E-state index contributed by atoms with van der Waals surface area (Å²) in [6, 6.07) is -0.0526. The highest BCUT2D eigenvalue weighted by Gasteiger charge is 2.43. The molecule has 18 heavy (non-hydrogen) atoms. The van der Waals surface area contributed by atoms with Crippen LogP contribution in [0.1, 0.15) is 12.8 Å². The van der Waals surface area contributed by atoms with Crippen LogP contribution in [0.4, 0.5) is 13.2 Å². The van der Waals surface area contributed by atoms with Crippen molar-refractivity contribution in [3.05, 3.63) is 0 Å². The molecule has 0 bridgehead atoms. The van der Waals surface area contributed by atoms with Crippen LogP contribution in [-0.2, 0) is 4.79 Å². The van der Waals surface area contributed by atoms with Gasteiger partial charge in [-0.25, -0.2) is 0 Å². The zero-order valence-corrected chi connectivity index (χ0v) is 10.2. The van der Waals surface area contributed by atoms with E-state index in [9.17, 15) is 18.0 Å². The molecule has 0 radical (unpaired) electrons. The van der Waals surface area contributed by atoms with Crippen LogP contribution in [0.2, 0.25) is 0 Å². The molecule has 0 spiro atoms. The van der Waals surface area contributed by atoms with Crippen LogP contribution in [-0.4, -0.2) is 67.2 Å². The number of alkyl halides is 3. The molecule has 1 amide bonds. The van der Waals surface area contributed by atoms with E-state index in [1.807, 2.05) is 0 Å². The number of nitrogens with zero attached hydrogens (tertiary/aromatic N) is 2. The van der Waals surface area contributed by atoms with Gasteiger partial charge in [0.2, 0.25) is 0 Å². The third kappa shape index (κ3) is 3.35. The molecular weight excluding hydrogens is 247 g/mol. The Balaban J connectivity index is 1.86. The van der Waals surface area contributed by atoms with Crippen molar-refractivity contribution in [1.82, 2.24) is 15.1 Å². The lowest BCUT2D eigenvalue weighted by Crippen LogP contribution is -2.58. The quantitative estimate of drug-likeness (QED) is 0.787. The van der Waals surface area contributed by atoms with E-state index < -0.39 is 12.1 Å². The highest BCUT2D eigenvalue weighted by atomic mass is 19.4. The van der Waals surface area contributed by atoms with Gasteiger partial charge >= 0.3 is 12.1 Å². The van der Waals surface area contributed by atoms with E-state index in [2.05, 4.69) is 10.2 Å². The van der Waals surface area contributed by atoms with E-state index in [1.165, 1.54) is 0 Å². The molecule has 104 valence electrons. The molecule has 0 aromatic carbocycles. The van der Waals surface area contributed by atoms with E-state index in [4.69, 9.17) is 0 Å². The molecule has 4 nitrogen and oxygen atoms in total. The number of piperazine rings is 1. The van der Waals surface area contributed by atoms with Gasteiger partial charge in [0.1, 0.15) is 0 Å². The van der Waals surface area contributed by atoms with E-state index in [0.717, 1.165) is 37.4 Å². The first-order valence-electron chi connectivity index (χ1n) is 6.28. The summed E-state index contributed by atoms with van der Waals surface area (Å²) in [7, 11) is 0. The SMILES string of the molecule is O=C(N1CCN[C@H](CN2CCCC2)C1)C(F)(F)F. The van der Waals surface area contributed by atoms with E-state index in [1.54, 1.807) is 0 Å². The van der Waals surface area contributed by atoms with Crippen molar-refractivity contribution in [2.45, 2.75) is 25.1 Å². The largest absolute Gasteiger partial charge is 0.471 e. The van der Waals surface area contributed by atoms with Crippen LogP contribution in [0.15, 0.2) is 0 Å². The van der Waals surface area contributed by atoms with Crippen molar-refractivity contribution < 1.29 is 18.0 Å². The van der Waals surface area contributed by atoms with Gasteiger partial charge in [0.05, 0.1) is 0 Å². The Morgan fingerprint density at radius 1 is 1.22 bits per heavy atom. The first-order valence-corrected chi connectivity index (χ1v) is 6.28. The number of nitrogens with one attached hydrogen (secondary N) is 1. The number of carbonyl (C=O) groups is 1. The summed E-state index contributed by atoms with van der Waals surface area (Å²) in [4.78, 5) is 14.3. The summed E-state index contributed by atoms with van der Waals surface area (Å²) in [5, 5.41) is 3.18. The second-order valence-electron chi connectivity index (χ2n) is 4.91. The average Bonchev–Trinajstić information content (AvgIpc) is 2.80. The van der Waals surface area contributed by atoms with Crippen LogP contribution in [0.3, 0.4) is 0 Å². The molecule has 2 fully saturated rings. The minimum Gasteiger partial charge on any atom is -0.332 e. The molecule has 0 saturated carbocycles. The van der Waals surface area contributed by atoms with Crippen LogP contribution in [0, 0.1) is 0 Å². The predicted octanol–water partition coefficient (Wildman–Crippen LogP) is 0.445. The smallest absolute Gasteiger partial charge is 0.332 e. The Morgan fingerprint density at radius 3 is 2.50 bits per heavy atom. The highest BCUT2D eigenvalue weighted by molar-refractivity contribution is 5.82. The normalized spacial score (nSPS) is 26.6. The molecule has 0 aliphatic carbocycles. The fourth-order valence-corrected chi connectivity index (χ4v) is 2.59. The maximum absolute atomic E-state index is 12.3. The lowest BCUT2D eigenvalue weighted by atomic mass is 10.2. The Morgan fingerprint density at radius 2 is 1.89 bits per heavy atom. The van der Waals surface area contributed by atoms with Crippen LogP contribution < -0.4 is 5.32 Å². The average molecular weight is 265 g/mol. The lowest BCUT2D eigenvalue weighted by Gasteiger charge is -2.35. The van der Waals surface area contributed by atoms with Crippen molar-refractivity contribution in [3.8, 4) is 0 Å². The fraction of sp³-hybridized carbons (Fsp3) is 0.909. The number of hydrogen-bond donors (Lipinski definition) is 1. The van der Waals surface area contributed by atoms with E-state index in [-0.39, 0.29) is 19.1 Å². The van der Waals surface area contributed by atoms with Crippen LogP contribution in [0.5, 0.6) is 0 Å². The Kier molecular flexibility index (Phi) is 4.11. The zero-order valence-electron chi connectivity index (χ0n) is 10.2. The van der Waals surface area contributed by atoms with Crippen LogP contribution >= 0.6 is 0 Å². The van der Waals surface area contributed by atoms with Crippen molar-refractivity contribution >= 4 is 5.91 Å². The summed E-state index contributed by atoms with van der Waals surface area (Å²) < 4.78 is 37.0. The maximum atomic E-state index is 12.3. The first-order chi connectivity index (χ1) is 8.47. The molecule has 0 aromatic rings. The lowest BCUT2D eigenvalue weighted by molar-refractivity contribution is -0.186. The van der Waals surface area contributed by atoms with Gasteiger partial charge < -0.3 is 15.1 Å². The third-order valence-electron chi connectivity index (χ3n) is 3.46. The number of halogens is 3. The molecule has 1 N–H and O–H groups in total. The van der Waals surface area contributed by atoms with Crippen molar-refractivity contribution in [3.63, 3.8) is 0 Å². The molecule has 7 heteroatoms. The van der Waals surface area contributed by atoms with Crippen molar-refractivity contribution in [2.24, 2.45) is 0 Å². The molecule has 1 atom stereocenters. The van der Waals surface area contributed by atoms with Gasteiger partial charge in [-0.1, -0.05) is 0 Å². The Labute approximate surface area is 104 Å². The molecule has 2 rings (SSSR count). The molecule has 2 heterocycles. The standard InChI is InChI=1S/C11H18F3N3O/c12-11(13,14)10(18)17-6-3-15-9(8-17)7-16-4-1-2-5-16/h9,15H,1-8H2/t9-/m1/s1. The van der Waals surface area contributed by atoms with Crippen molar-refractivity contribution in [1.29, 1.82) is 0 Å². The summed E-state index contributed by atoms with van der Waals surface area (Å²) >= 11 is 0. The van der Waals surface area contributed by atoms with Gasteiger partial charge in [0.15, 0.2) is 0 Å². The number of rotatable bonds is 2. The van der Waals surface area contributed by atoms with Gasteiger partial charge in [-0.3, -0.25) is 4.79 Å². The minimum absolute atomic E-state index is 0.0526. The number of hydrogen-bond acceptors (Lipinski definition) is 3. The van der Waals surface area contributed by atoms with Gasteiger partial charge in [-0.05, 0) is 25.9 Å². The topological polar surface area (TPSA) is 35.6 Å². The maximum Gasteiger partial charge on any atom is 0.471 e. The summed E-state index contributed by atoms with van der Waals surface area (Å²) in [6.45, 7) is 3.45. The fourth-order valence-electron chi connectivity index (χ4n) is 2.59.